The van der Waals surface area contributed by atoms with Gasteiger partial charge in [-0.2, -0.15) is 10.2 Å². The van der Waals surface area contributed by atoms with E-state index < -0.39 is 5.91 Å². The van der Waals surface area contributed by atoms with Crippen LogP contribution in [0, 0.1) is 0 Å². The number of aromatic nitrogens is 4. The summed E-state index contributed by atoms with van der Waals surface area (Å²) in [5.41, 5.74) is 6.88. The van der Waals surface area contributed by atoms with Crippen molar-refractivity contribution in [1.29, 1.82) is 0 Å². The number of primary amides is 1. The first-order valence-corrected chi connectivity index (χ1v) is 6.34. The lowest BCUT2D eigenvalue weighted by Gasteiger charge is -2.25. The van der Waals surface area contributed by atoms with Crippen molar-refractivity contribution in [3.63, 3.8) is 0 Å². The van der Waals surface area contributed by atoms with E-state index in [1.807, 2.05) is 28.7 Å². The molecule has 1 aliphatic rings. The number of nitrogens with two attached hydrogens (primary N) is 1. The van der Waals surface area contributed by atoms with Crippen LogP contribution < -0.4 is 11.1 Å². The van der Waals surface area contributed by atoms with Gasteiger partial charge in [-0.3, -0.25) is 9.48 Å². The summed E-state index contributed by atoms with van der Waals surface area (Å²) >= 11 is 0. The van der Waals surface area contributed by atoms with E-state index >= 15 is 0 Å². The molecule has 1 aliphatic heterocycles. The van der Waals surface area contributed by atoms with Crippen molar-refractivity contribution >= 4 is 11.7 Å². The van der Waals surface area contributed by atoms with Gasteiger partial charge in [-0.1, -0.05) is 0 Å². The average molecular weight is 260 g/mol. The second kappa shape index (κ2) is 4.42. The summed E-state index contributed by atoms with van der Waals surface area (Å²) in [4.78, 5) is 11.3. The van der Waals surface area contributed by atoms with Crippen molar-refractivity contribution in [1.82, 2.24) is 19.6 Å². The van der Waals surface area contributed by atoms with Gasteiger partial charge in [0.25, 0.3) is 5.91 Å². The lowest BCUT2D eigenvalue weighted by atomic mass is 10.1. The molecular formula is C12H16N6O. The number of carbonyl (C=O) groups is 1. The zero-order chi connectivity index (χ0) is 13.4. The number of nitrogens with zero attached hydrogens (tertiary/aromatic N) is 4. The normalized spacial score (nSPS) is 17.8. The predicted molar refractivity (Wildman–Crippen MR) is 69.9 cm³/mol. The Labute approximate surface area is 110 Å². The molecule has 7 nitrogen and oxygen atoms in total. The minimum Gasteiger partial charge on any atom is -0.369 e. The smallest absolute Gasteiger partial charge is 0.254 e. The van der Waals surface area contributed by atoms with E-state index in [9.17, 15) is 4.79 Å². The van der Waals surface area contributed by atoms with Gasteiger partial charge in [0.2, 0.25) is 0 Å². The van der Waals surface area contributed by atoms with Gasteiger partial charge < -0.3 is 11.1 Å². The standard InChI is InChI=1S/C12H16N6O/c1-2-17-7-8(5-15-17)10-3-4-14-12-9(11(13)19)6-16-18(10)12/h5-7,10,14H,2-4H2,1H3,(H2,13,19). The van der Waals surface area contributed by atoms with Crippen LogP contribution in [0.4, 0.5) is 5.82 Å². The number of fused-ring (bicyclic) bond motifs is 1. The molecule has 3 heterocycles. The third kappa shape index (κ3) is 1.87. The Hall–Kier alpha value is -2.31. The SMILES string of the molecule is CCn1cc(C2CCNc3c(C(N)=O)cnn32)cn1. The van der Waals surface area contributed by atoms with E-state index in [0.717, 1.165) is 25.1 Å². The molecule has 0 aromatic carbocycles. The summed E-state index contributed by atoms with van der Waals surface area (Å²) in [7, 11) is 0. The topological polar surface area (TPSA) is 90.8 Å². The van der Waals surface area contributed by atoms with Gasteiger partial charge in [0.15, 0.2) is 0 Å². The molecule has 1 amide bonds. The third-order valence-corrected chi connectivity index (χ3v) is 3.43. The van der Waals surface area contributed by atoms with E-state index in [1.165, 1.54) is 6.20 Å². The summed E-state index contributed by atoms with van der Waals surface area (Å²) in [5, 5.41) is 11.8. The number of nitrogens with one attached hydrogen (secondary N) is 1. The van der Waals surface area contributed by atoms with Gasteiger partial charge in [-0.05, 0) is 13.3 Å². The lowest BCUT2D eigenvalue weighted by molar-refractivity contribution is 0.100. The molecule has 0 fully saturated rings. The molecule has 0 radical (unpaired) electrons. The van der Waals surface area contributed by atoms with Crippen molar-refractivity contribution < 1.29 is 4.79 Å². The van der Waals surface area contributed by atoms with E-state index in [0.29, 0.717) is 11.4 Å². The van der Waals surface area contributed by atoms with Crippen LogP contribution in [-0.2, 0) is 6.54 Å². The van der Waals surface area contributed by atoms with Crippen LogP contribution in [0.5, 0.6) is 0 Å². The molecule has 3 rings (SSSR count). The van der Waals surface area contributed by atoms with E-state index in [1.54, 1.807) is 0 Å². The second-order valence-electron chi connectivity index (χ2n) is 4.58. The maximum absolute atomic E-state index is 11.3. The lowest BCUT2D eigenvalue weighted by Crippen LogP contribution is -2.26. The maximum Gasteiger partial charge on any atom is 0.254 e. The second-order valence-corrected chi connectivity index (χ2v) is 4.58. The first-order chi connectivity index (χ1) is 9.20. The highest BCUT2D eigenvalue weighted by Crippen LogP contribution is 2.30. The molecule has 2 aromatic rings. The molecule has 7 heteroatoms. The number of carbonyl (C=O) groups excluding carboxylic acids is 1. The molecule has 2 aromatic heterocycles. The van der Waals surface area contributed by atoms with E-state index in [-0.39, 0.29) is 6.04 Å². The van der Waals surface area contributed by atoms with Crippen molar-refractivity contribution in [2.75, 3.05) is 11.9 Å². The predicted octanol–water partition coefficient (Wildman–Crippen LogP) is 0.603. The third-order valence-electron chi connectivity index (χ3n) is 3.43. The number of amides is 1. The maximum atomic E-state index is 11.3. The summed E-state index contributed by atoms with van der Waals surface area (Å²) < 4.78 is 3.70. The molecular weight excluding hydrogens is 244 g/mol. The fourth-order valence-corrected chi connectivity index (χ4v) is 2.44. The number of hydrogen-bond donors (Lipinski definition) is 2. The molecule has 0 bridgehead atoms. The monoisotopic (exact) mass is 260 g/mol. The Morgan fingerprint density at radius 1 is 1.53 bits per heavy atom. The van der Waals surface area contributed by atoms with Crippen molar-refractivity contribution in [3.05, 3.63) is 29.7 Å². The Morgan fingerprint density at radius 2 is 2.37 bits per heavy atom. The Balaban J connectivity index is 2.00. The molecule has 0 aliphatic carbocycles. The molecule has 1 unspecified atom stereocenters. The summed E-state index contributed by atoms with van der Waals surface area (Å²) in [6, 6.07) is 0.102. The largest absolute Gasteiger partial charge is 0.369 e. The summed E-state index contributed by atoms with van der Waals surface area (Å²) in [6.45, 7) is 3.67. The van der Waals surface area contributed by atoms with Crippen LogP contribution in [0.2, 0.25) is 0 Å². The molecule has 19 heavy (non-hydrogen) atoms. The van der Waals surface area contributed by atoms with Gasteiger partial charge in [-0.25, -0.2) is 4.68 Å². The quantitative estimate of drug-likeness (QED) is 0.845. The van der Waals surface area contributed by atoms with Crippen molar-refractivity contribution in [2.24, 2.45) is 5.73 Å². The van der Waals surface area contributed by atoms with Crippen molar-refractivity contribution in [3.8, 4) is 0 Å². The highest BCUT2D eigenvalue weighted by Gasteiger charge is 2.26. The minimum absolute atomic E-state index is 0.102. The molecule has 3 N–H and O–H groups in total. The van der Waals surface area contributed by atoms with Gasteiger partial charge in [-0.15, -0.1) is 0 Å². The summed E-state index contributed by atoms with van der Waals surface area (Å²) in [6.07, 6.45) is 6.30. The average Bonchev–Trinajstić information content (AvgIpc) is 3.04. The van der Waals surface area contributed by atoms with E-state index in [4.69, 9.17) is 5.73 Å². The summed E-state index contributed by atoms with van der Waals surface area (Å²) in [5.74, 6) is 0.242. The van der Waals surface area contributed by atoms with Gasteiger partial charge in [0.1, 0.15) is 11.4 Å². The first-order valence-electron chi connectivity index (χ1n) is 6.34. The molecule has 0 saturated heterocycles. The zero-order valence-corrected chi connectivity index (χ0v) is 10.7. The molecule has 0 spiro atoms. The van der Waals surface area contributed by atoms with Crippen LogP contribution in [0.3, 0.4) is 0 Å². The van der Waals surface area contributed by atoms with Gasteiger partial charge >= 0.3 is 0 Å². The van der Waals surface area contributed by atoms with Crippen LogP contribution in [0.25, 0.3) is 0 Å². The van der Waals surface area contributed by atoms with Crippen LogP contribution >= 0.6 is 0 Å². The molecule has 0 saturated carbocycles. The minimum atomic E-state index is -0.460. The highest BCUT2D eigenvalue weighted by atomic mass is 16.1. The fraction of sp³-hybridized carbons (Fsp3) is 0.417. The van der Waals surface area contributed by atoms with E-state index in [2.05, 4.69) is 15.5 Å². The number of hydrogen-bond acceptors (Lipinski definition) is 4. The van der Waals surface area contributed by atoms with Crippen LogP contribution in [-0.4, -0.2) is 32.0 Å². The fourth-order valence-electron chi connectivity index (χ4n) is 2.44. The Morgan fingerprint density at radius 3 is 3.05 bits per heavy atom. The highest BCUT2D eigenvalue weighted by molar-refractivity contribution is 5.97. The number of anilines is 1. The molecule has 1 atom stereocenters. The van der Waals surface area contributed by atoms with Crippen molar-refractivity contribution in [2.45, 2.75) is 25.9 Å². The zero-order valence-electron chi connectivity index (χ0n) is 10.7. The van der Waals surface area contributed by atoms with Gasteiger partial charge in [0.05, 0.1) is 18.4 Å². The number of aryl methyl sites for hydroxylation is 1. The number of rotatable bonds is 3. The van der Waals surface area contributed by atoms with Crippen LogP contribution in [0.1, 0.15) is 35.3 Å². The van der Waals surface area contributed by atoms with Gasteiger partial charge in [0, 0.05) is 24.8 Å². The molecule has 100 valence electrons. The Kier molecular flexibility index (Phi) is 2.73. The first kappa shape index (κ1) is 11.8. The Bertz CT molecular complexity index is 614. The van der Waals surface area contributed by atoms with Crippen LogP contribution in [0.15, 0.2) is 18.6 Å².